The zero-order valence-corrected chi connectivity index (χ0v) is 21.2. The number of para-hydroxylation sites is 1. The monoisotopic (exact) mass is 474 g/mol. The van der Waals surface area contributed by atoms with E-state index in [1.165, 1.54) is 11.1 Å². The van der Waals surface area contributed by atoms with Crippen molar-refractivity contribution in [1.29, 1.82) is 0 Å². The third kappa shape index (κ3) is 5.73. The van der Waals surface area contributed by atoms with Crippen LogP contribution in [-0.4, -0.2) is 45.4 Å². The van der Waals surface area contributed by atoms with Crippen LogP contribution in [0.2, 0.25) is 0 Å². The molecule has 1 aliphatic heterocycles. The first-order chi connectivity index (χ1) is 16.6. The minimum Gasteiger partial charge on any atom is -0.444 e. The lowest BCUT2D eigenvalue weighted by molar-refractivity contribution is 0.0203. The van der Waals surface area contributed by atoms with Crippen LogP contribution in [0.15, 0.2) is 54.7 Å². The van der Waals surface area contributed by atoms with E-state index in [1.54, 1.807) is 11.1 Å². The molecule has 35 heavy (non-hydrogen) atoms. The molecule has 4 rings (SSSR count). The van der Waals surface area contributed by atoms with Gasteiger partial charge in [-0.3, -0.25) is 4.79 Å². The Labute approximate surface area is 207 Å². The Bertz CT molecular complexity index is 1200. The van der Waals surface area contributed by atoms with Gasteiger partial charge in [0.05, 0.1) is 23.1 Å². The number of benzene rings is 2. The van der Waals surface area contributed by atoms with Crippen LogP contribution in [0.3, 0.4) is 0 Å². The van der Waals surface area contributed by atoms with Gasteiger partial charge in [0.1, 0.15) is 5.60 Å². The van der Waals surface area contributed by atoms with E-state index < -0.39 is 5.60 Å². The van der Waals surface area contributed by atoms with Crippen molar-refractivity contribution in [1.82, 2.24) is 14.7 Å². The highest BCUT2D eigenvalue weighted by Crippen LogP contribution is 2.33. The molecular weight excluding hydrogens is 440 g/mol. The summed E-state index contributed by atoms with van der Waals surface area (Å²) in [5.41, 5.74) is 4.94. The molecule has 3 aromatic rings. The number of rotatable bonds is 4. The molecule has 1 saturated heterocycles. The Balaban J connectivity index is 1.63. The fraction of sp³-hybridized carbons (Fsp3) is 0.393. The summed E-state index contributed by atoms with van der Waals surface area (Å²) >= 11 is 0. The van der Waals surface area contributed by atoms with Crippen LogP contribution in [-0.2, 0) is 4.74 Å². The van der Waals surface area contributed by atoms with Crippen molar-refractivity contribution in [3.8, 4) is 5.69 Å². The number of aromatic nitrogens is 2. The molecule has 7 heteroatoms. The van der Waals surface area contributed by atoms with Crippen molar-refractivity contribution < 1.29 is 14.3 Å². The van der Waals surface area contributed by atoms with Gasteiger partial charge < -0.3 is 15.0 Å². The number of carbonyl (C=O) groups excluding carboxylic acids is 2. The average molecular weight is 475 g/mol. The summed E-state index contributed by atoms with van der Waals surface area (Å²) in [6, 6.07) is 15.6. The molecule has 1 fully saturated rings. The van der Waals surface area contributed by atoms with Gasteiger partial charge in [-0.2, -0.15) is 5.10 Å². The molecule has 0 bridgehead atoms. The number of aryl methyl sites for hydroxylation is 2. The number of likely N-dealkylation sites (tertiary alicyclic amines) is 1. The van der Waals surface area contributed by atoms with Gasteiger partial charge in [0.2, 0.25) is 0 Å². The molecule has 0 spiro atoms. The minimum absolute atomic E-state index is 0.0781. The van der Waals surface area contributed by atoms with E-state index in [1.807, 2.05) is 61.9 Å². The summed E-state index contributed by atoms with van der Waals surface area (Å²) in [4.78, 5) is 27.6. The van der Waals surface area contributed by atoms with E-state index in [-0.39, 0.29) is 17.9 Å². The largest absolute Gasteiger partial charge is 0.444 e. The van der Waals surface area contributed by atoms with E-state index in [4.69, 9.17) is 4.74 Å². The second-order valence-corrected chi connectivity index (χ2v) is 10.2. The number of nitrogens with one attached hydrogen (secondary N) is 1. The molecule has 2 aromatic carbocycles. The van der Waals surface area contributed by atoms with Crippen molar-refractivity contribution in [2.45, 2.75) is 59.0 Å². The second-order valence-electron chi connectivity index (χ2n) is 10.2. The normalized spacial score (nSPS) is 14.6. The van der Waals surface area contributed by atoms with Crippen LogP contribution in [0.4, 0.5) is 10.5 Å². The lowest BCUT2D eigenvalue weighted by Gasteiger charge is -2.34. The Hall–Kier alpha value is -3.61. The molecule has 0 atom stereocenters. The van der Waals surface area contributed by atoms with Crippen LogP contribution in [0, 0.1) is 13.8 Å². The van der Waals surface area contributed by atoms with Gasteiger partial charge in [0.15, 0.2) is 0 Å². The molecule has 0 radical (unpaired) electrons. The zero-order chi connectivity index (χ0) is 25.2. The molecule has 0 unspecified atom stereocenters. The highest BCUT2D eigenvalue weighted by Gasteiger charge is 2.32. The molecule has 2 heterocycles. The van der Waals surface area contributed by atoms with E-state index in [2.05, 4.69) is 36.4 Å². The van der Waals surface area contributed by atoms with Gasteiger partial charge in [0.25, 0.3) is 5.91 Å². The fourth-order valence-electron chi connectivity index (χ4n) is 4.37. The summed E-state index contributed by atoms with van der Waals surface area (Å²) in [5.74, 6) is -0.106. The number of amides is 2. The number of piperidine rings is 1. The number of hydrogen-bond donors (Lipinski definition) is 1. The van der Waals surface area contributed by atoms with Gasteiger partial charge in [0, 0.05) is 24.7 Å². The highest BCUT2D eigenvalue weighted by atomic mass is 16.6. The van der Waals surface area contributed by atoms with Crippen LogP contribution in [0.25, 0.3) is 5.69 Å². The molecule has 1 aromatic heterocycles. The number of hydrogen-bond acceptors (Lipinski definition) is 4. The first-order valence-electron chi connectivity index (χ1n) is 12.1. The predicted octanol–water partition coefficient (Wildman–Crippen LogP) is 5.86. The Morgan fingerprint density at radius 3 is 2.31 bits per heavy atom. The molecule has 1 N–H and O–H groups in total. The quantitative estimate of drug-likeness (QED) is 0.514. The second kappa shape index (κ2) is 9.94. The lowest BCUT2D eigenvalue weighted by atomic mass is 9.90. The zero-order valence-electron chi connectivity index (χ0n) is 21.2. The van der Waals surface area contributed by atoms with Crippen LogP contribution < -0.4 is 5.32 Å². The van der Waals surface area contributed by atoms with Gasteiger partial charge in [-0.05, 0) is 82.9 Å². The summed E-state index contributed by atoms with van der Waals surface area (Å²) < 4.78 is 7.44. The van der Waals surface area contributed by atoms with Crippen molar-refractivity contribution in [2.75, 3.05) is 18.4 Å². The maximum atomic E-state index is 13.3. The SMILES string of the molecule is Cc1ccc(-n2ncc(C(=O)Nc3ccccc3)c2C2CCN(C(=O)OC(C)(C)C)CC2)cc1C. The molecule has 0 aliphatic carbocycles. The van der Waals surface area contributed by atoms with Gasteiger partial charge in [-0.25, -0.2) is 9.48 Å². The first kappa shape index (κ1) is 24.5. The minimum atomic E-state index is -0.529. The number of ether oxygens (including phenoxy) is 1. The third-order valence-corrected chi connectivity index (χ3v) is 6.35. The maximum absolute atomic E-state index is 13.3. The van der Waals surface area contributed by atoms with Crippen LogP contribution in [0.5, 0.6) is 0 Å². The summed E-state index contributed by atoms with van der Waals surface area (Å²) in [5, 5.41) is 7.65. The molecule has 7 nitrogen and oxygen atoms in total. The summed E-state index contributed by atoms with van der Waals surface area (Å²) in [6.07, 6.45) is 2.81. The molecule has 0 saturated carbocycles. The van der Waals surface area contributed by atoms with Gasteiger partial charge in [-0.1, -0.05) is 24.3 Å². The van der Waals surface area contributed by atoms with Gasteiger partial charge in [-0.15, -0.1) is 0 Å². The van der Waals surface area contributed by atoms with E-state index in [0.717, 1.165) is 29.9 Å². The topological polar surface area (TPSA) is 76.5 Å². The van der Waals surface area contributed by atoms with Crippen LogP contribution >= 0.6 is 0 Å². The Kier molecular flexibility index (Phi) is 6.96. The van der Waals surface area contributed by atoms with Crippen molar-refractivity contribution in [3.05, 3.63) is 77.1 Å². The predicted molar refractivity (Wildman–Crippen MR) is 137 cm³/mol. The van der Waals surface area contributed by atoms with E-state index >= 15 is 0 Å². The molecule has 2 amide bonds. The molecule has 184 valence electrons. The first-order valence-corrected chi connectivity index (χ1v) is 12.1. The number of carbonyl (C=O) groups is 2. The Morgan fingerprint density at radius 2 is 1.69 bits per heavy atom. The van der Waals surface area contributed by atoms with Gasteiger partial charge >= 0.3 is 6.09 Å². The standard InChI is InChI=1S/C28H34N4O3/c1-19-11-12-23(17-20(19)2)32-25(21-13-15-31(16-14-21)27(34)35-28(3,4)5)24(18-29-32)26(33)30-22-9-7-6-8-10-22/h6-12,17-18,21H,13-16H2,1-5H3,(H,30,33). The van der Waals surface area contributed by atoms with Crippen molar-refractivity contribution >= 4 is 17.7 Å². The van der Waals surface area contributed by atoms with Crippen molar-refractivity contribution in [3.63, 3.8) is 0 Å². The number of anilines is 1. The fourth-order valence-corrected chi connectivity index (χ4v) is 4.37. The molecular formula is C28H34N4O3. The summed E-state index contributed by atoms with van der Waals surface area (Å²) in [7, 11) is 0. The van der Waals surface area contributed by atoms with E-state index in [9.17, 15) is 9.59 Å². The Morgan fingerprint density at radius 1 is 1.00 bits per heavy atom. The smallest absolute Gasteiger partial charge is 0.410 e. The maximum Gasteiger partial charge on any atom is 0.410 e. The number of nitrogens with zero attached hydrogens (tertiary/aromatic N) is 3. The van der Waals surface area contributed by atoms with Crippen molar-refractivity contribution in [2.24, 2.45) is 0 Å². The molecule has 1 aliphatic rings. The van der Waals surface area contributed by atoms with Crippen LogP contribution in [0.1, 0.15) is 66.7 Å². The lowest BCUT2D eigenvalue weighted by Crippen LogP contribution is -2.41. The average Bonchev–Trinajstić information content (AvgIpc) is 3.26. The summed E-state index contributed by atoms with van der Waals surface area (Å²) in [6.45, 7) is 10.9. The van der Waals surface area contributed by atoms with E-state index in [0.29, 0.717) is 18.7 Å². The third-order valence-electron chi connectivity index (χ3n) is 6.35. The highest BCUT2D eigenvalue weighted by molar-refractivity contribution is 6.05.